The zero-order chi connectivity index (χ0) is 24.9. The van der Waals surface area contributed by atoms with Crippen LogP contribution in [0.5, 0.6) is 5.75 Å². The average molecular weight is 476 g/mol. The molecule has 1 fully saturated rings. The van der Waals surface area contributed by atoms with Crippen LogP contribution in [0, 0.1) is 17.8 Å². The van der Waals surface area contributed by atoms with Crippen LogP contribution in [-0.2, 0) is 19.2 Å². The molecule has 3 aliphatic carbocycles. The van der Waals surface area contributed by atoms with E-state index in [0.717, 1.165) is 11.1 Å². The number of aliphatic hydroxyl groups excluding tert-OH is 1. The van der Waals surface area contributed by atoms with Gasteiger partial charge in [-0.3, -0.25) is 24.1 Å². The third-order valence-electron chi connectivity index (χ3n) is 7.67. The summed E-state index contributed by atoms with van der Waals surface area (Å²) in [5.74, 6) is -1.70. The Labute approximate surface area is 204 Å². The predicted octanol–water partition coefficient (Wildman–Crippen LogP) is 2.90. The fourth-order valence-electron chi connectivity index (χ4n) is 6.19. The van der Waals surface area contributed by atoms with Gasteiger partial charge in [0.05, 0.1) is 18.4 Å². The third kappa shape index (κ3) is 3.69. The van der Waals surface area contributed by atoms with Crippen molar-refractivity contribution in [2.75, 3.05) is 19.8 Å². The molecule has 7 heteroatoms. The van der Waals surface area contributed by atoms with Crippen LogP contribution in [-0.4, -0.2) is 53.1 Å². The van der Waals surface area contributed by atoms with Crippen LogP contribution in [0.3, 0.4) is 0 Å². The molecule has 1 saturated heterocycles. The van der Waals surface area contributed by atoms with Crippen LogP contribution in [0.1, 0.15) is 44.6 Å². The lowest BCUT2D eigenvalue weighted by Gasteiger charge is -2.42. The Hall–Kier alpha value is -3.32. The Bertz CT molecular complexity index is 1200. The van der Waals surface area contributed by atoms with Gasteiger partial charge in [0.25, 0.3) is 0 Å². The number of amides is 2. The quantitative estimate of drug-likeness (QED) is 0.386. The fourth-order valence-corrected chi connectivity index (χ4v) is 6.19. The number of benzene rings is 1. The van der Waals surface area contributed by atoms with E-state index in [0.29, 0.717) is 48.3 Å². The number of hydrogen-bond acceptors (Lipinski definition) is 6. The van der Waals surface area contributed by atoms with Gasteiger partial charge in [-0.05, 0) is 55.9 Å². The van der Waals surface area contributed by atoms with E-state index < -0.39 is 17.8 Å². The standard InChI is InChI=1S/C28H29NO6/c1-3-10-29-27(33)19-9-8-18-20(24(19)28(29)34)14-21-25(22(31)13-15(2)26(21)32)23(18)16-4-6-17(7-5-16)35-12-11-30/h4-8,13,19-20,23-24,30H,3,9-12,14H2,1-2H3/t19-,20+,23-,24-/m0/s1. The monoisotopic (exact) mass is 475 g/mol. The van der Waals surface area contributed by atoms with Crippen LogP contribution in [0.15, 0.2) is 58.7 Å². The maximum atomic E-state index is 13.4. The molecule has 0 spiro atoms. The van der Waals surface area contributed by atoms with Gasteiger partial charge < -0.3 is 9.84 Å². The smallest absolute Gasteiger partial charge is 0.233 e. The summed E-state index contributed by atoms with van der Waals surface area (Å²) in [4.78, 5) is 54.3. The number of nitrogens with zero attached hydrogens (tertiary/aromatic N) is 1. The van der Waals surface area contributed by atoms with E-state index in [1.54, 1.807) is 19.1 Å². The number of rotatable bonds is 6. The Morgan fingerprint density at radius 2 is 1.80 bits per heavy atom. The van der Waals surface area contributed by atoms with Crippen LogP contribution < -0.4 is 4.74 Å². The van der Waals surface area contributed by atoms with Gasteiger partial charge in [-0.15, -0.1) is 0 Å². The second kappa shape index (κ2) is 9.04. The summed E-state index contributed by atoms with van der Waals surface area (Å²) in [5.41, 5.74) is 3.13. The number of imide groups is 1. The van der Waals surface area contributed by atoms with Crippen molar-refractivity contribution in [3.8, 4) is 5.75 Å². The molecule has 7 nitrogen and oxygen atoms in total. The maximum Gasteiger partial charge on any atom is 0.233 e. The number of ether oxygens (including phenoxy) is 1. The van der Waals surface area contributed by atoms with E-state index in [1.165, 1.54) is 11.0 Å². The molecule has 1 N–H and O–H groups in total. The van der Waals surface area contributed by atoms with Crippen molar-refractivity contribution in [1.82, 2.24) is 4.90 Å². The highest BCUT2D eigenvalue weighted by atomic mass is 16.5. The van der Waals surface area contributed by atoms with Gasteiger partial charge in [0.2, 0.25) is 11.8 Å². The number of aliphatic hydroxyl groups is 1. The molecular formula is C28H29NO6. The highest BCUT2D eigenvalue weighted by Crippen LogP contribution is 2.55. The fraction of sp³-hybridized carbons (Fsp3) is 0.429. The molecule has 1 aromatic carbocycles. The van der Waals surface area contributed by atoms with Crippen LogP contribution >= 0.6 is 0 Å². The number of fused-ring (bicyclic) bond motifs is 3. The summed E-state index contributed by atoms with van der Waals surface area (Å²) >= 11 is 0. The molecule has 1 heterocycles. The molecule has 35 heavy (non-hydrogen) atoms. The van der Waals surface area contributed by atoms with E-state index in [-0.39, 0.29) is 42.5 Å². The minimum Gasteiger partial charge on any atom is -0.491 e. The first-order valence-corrected chi connectivity index (χ1v) is 12.3. The Morgan fingerprint density at radius 3 is 2.49 bits per heavy atom. The summed E-state index contributed by atoms with van der Waals surface area (Å²) in [7, 11) is 0. The van der Waals surface area contributed by atoms with Crippen molar-refractivity contribution in [1.29, 1.82) is 0 Å². The molecule has 1 aliphatic heterocycles. The molecule has 0 radical (unpaired) electrons. The number of carbonyl (C=O) groups is 4. The van der Waals surface area contributed by atoms with Crippen molar-refractivity contribution < 1.29 is 29.0 Å². The minimum absolute atomic E-state index is 0.0954. The molecular weight excluding hydrogens is 446 g/mol. The molecule has 0 unspecified atom stereocenters. The normalized spacial score (nSPS) is 27.9. The van der Waals surface area contributed by atoms with Crippen LogP contribution in [0.25, 0.3) is 0 Å². The molecule has 182 valence electrons. The summed E-state index contributed by atoms with van der Waals surface area (Å²) < 4.78 is 5.49. The topological polar surface area (TPSA) is 101 Å². The number of allylic oxidation sites excluding steroid dienone is 6. The Kier molecular flexibility index (Phi) is 6.05. The number of ketones is 2. The average Bonchev–Trinajstić information content (AvgIpc) is 3.10. The van der Waals surface area contributed by atoms with Gasteiger partial charge in [-0.2, -0.15) is 0 Å². The lowest BCUT2D eigenvalue weighted by molar-refractivity contribution is -0.140. The molecule has 4 atom stereocenters. The summed E-state index contributed by atoms with van der Waals surface area (Å²) in [6, 6.07) is 7.30. The lowest BCUT2D eigenvalue weighted by atomic mass is 9.59. The van der Waals surface area contributed by atoms with Crippen molar-refractivity contribution in [3.63, 3.8) is 0 Å². The van der Waals surface area contributed by atoms with Crippen molar-refractivity contribution in [3.05, 3.63) is 64.3 Å². The van der Waals surface area contributed by atoms with E-state index in [4.69, 9.17) is 9.84 Å². The lowest BCUT2D eigenvalue weighted by Crippen LogP contribution is -2.39. The largest absolute Gasteiger partial charge is 0.491 e. The molecule has 0 saturated carbocycles. The first-order valence-electron chi connectivity index (χ1n) is 12.3. The first kappa shape index (κ1) is 23.4. The summed E-state index contributed by atoms with van der Waals surface area (Å²) in [6.07, 6.45) is 4.88. The van der Waals surface area contributed by atoms with Gasteiger partial charge in [-0.25, -0.2) is 0 Å². The maximum absolute atomic E-state index is 13.4. The highest BCUT2D eigenvalue weighted by molar-refractivity contribution is 6.23. The Morgan fingerprint density at radius 1 is 1.06 bits per heavy atom. The highest BCUT2D eigenvalue weighted by Gasteiger charge is 2.55. The van der Waals surface area contributed by atoms with Gasteiger partial charge in [0, 0.05) is 29.2 Å². The SMILES string of the molecule is CCCN1C(=O)[C@H]2[C@H](CC=C3[C@H](c4ccc(OCCO)cc4)C4=C(C[C@H]32)C(=O)C(C)=CC4=O)C1=O. The number of Topliss-reactive ketones (excluding diaryl/α,β-unsaturated/α-hetero) is 1. The van der Waals surface area contributed by atoms with Crippen molar-refractivity contribution in [2.24, 2.45) is 17.8 Å². The van der Waals surface area contributed by atoms with Gasteiger partial charge in [0.1, 0.15) is 12.4 Å². The molecule has 4 aliphatic rings. The molecule has 2 amide bonds. The predicted molar refractivity (Wildman–Crippen MR) is 127 cm³/mol. The first-order chi connectivity index (χ1) is 16.9. The van der Waals surface area contributed by atoms with Crippen LogP contribution in [0.4, 0.5) is 0 Å². The zero-order valence-corrected chi connectivity index (χ0v) is 20.0. The van der Waals surface area contributed by atoms with E-state index >= 15 is 0 Å². The molecule has 0 bridgehead atoms. The van der Waals surface area contributed by atoms with Crippen molar-refractivity contribution in [2.45, 2.75) is 39.0 Å². The third-order valence-corrected chi connectivity index (χ3v) is 7.67. The van der Waals surface area contributed by atoms with Gasteiger partial charge in [0.15, 0.2) is 11.6 Å². The molecule has 1 aromatic rings. The minimum atomic E-state index is -0.508. The van der Waals surface area contributed by atoms with Crippen molar-refractivity contribution >= 4 is 23.4 Å². The number of hydrogen-bond donors (Lipinski definition) is 1. The van der Waals surface area contributed by atoms with Crippen LogP contribution in [0.2, 0.25) is 0 Å². The second-order valence-electron chi connectivity index (χ2n) is 9.70. The zero-order valence-electron chi connectivity index (χ0n) is 20.0. The van der Waals surface area contributed by atoms with Gasteiger partial charge in [-0.1, -0.05) is 30.7 Å². The van der Waals surface area contributed by atoms with E-state index in [2.05, 4.69) is 0 Å². The molecule has 5 rings (SSSR count). The van der Waals surface area contributed by atoms with E-state index in [1.807, 2.05) is 25.1 Å². The van der Waals surface area contributed by atoms with Gasteiger partial charge >= 0.3 is 0 Å². The molecule has 0 aromatic heterocycles. The number of carbonyl (C=O) groups excluding carboxylic acids is 4. The number of likely N-dealkylation sites (tertiary alicyclic amines) is 1. The Balaban J connectivity index is 1.60. The van der Waals surface area contributed by atoms with E-state index in [9.17, 15) is 19.2 Å². The second-order valence-corrected chi connectivity index (χ2v) is 9.70. The summed E-state index contributed by atoms with van der Waals surface area (Å²) in [5, 5.41) is 9.02. The summed E-state index contributed by atoms with van der Waals surface area (Å²) in [6.45, 7) is 4.07.